The number of aromatic nitrogens is 2. The SMILES string of the molecule is CN1CCN(C(=O)c2cc(-c3ccncc3)no2)CC1Cc1ccccc1. The molecular weight excluding hydrogens is 340 g/mol. The van der Waals surface area contributed by atoms with Gasteiger partial charge in [0.25, 0.3) is 5.91 Å². The molecule has 1 atom stereocenters. The fourth-order valence-electron chi connectivity index (χ4n) is 3.43. The highest BCUT2D eigenvalue weighted by Gasteiger charge is 2.29. The summed E-state index contributed by atoms with van der Waals surface area (Å²) in [6.07, 6.45) is 4.31. The monoisotopic (exact) mass is 362 g/mol. The molecular formula is C21H22N4O2. The number of benzene rings is 1. The fraction of sp³-hybridized carbons (Fsp3) is 0.286. The number of carbonyl (C=O) groups excluding carboxylic acids is 1. The minimum atomic E-state index is -0.103. The van der Waals surface area contributed by atoms with Gasteiger partial charge in [0, 0.05) is 49.7 Å². The summed E-state index contributed by atoms with van der Waals surface area (Å²) in [6.45, 7) is 2.20. The Morgan fingerprint density at radius 1 is 1.15 bits per heavy atom. The van der Waals surface area contributed by atoms with Crippen LogP contribution in [0.25, 0.3) is 11.3 Å². The van der Waals surface area contributed by atoms with Crippen molar-refractivity contribution in [2.45, 2.75) is 12.5 Å². The summed E-state index contributed by atoms with van der Waals surface area (Å²) >= 11 is 0. The molecule has 138 valence electrons. The zero-order valence-corrected chi connectivity index (χ0v) is 15.3. The van der Waals surface area contributed by atoms with Gasteiger partial charge in [0.1, 0.15) is 5.69 Å². The van der Waals surface area contributed by atoms with Gasteiger partial charge >= 0.3 is 0 Å². The average molecular weight is 362 g/mol. The first kappa shape index (κ1) is 17.4. The van der Waals surface area contributed by atoms with Gasteiger partial charge < -0.3 is 9.42 Å². The van der Waals surface area contributed by atoms with E-state index < -0.39 is 0 Å². The Morgan fingerprint density at radius 3 is 2.70 bits per heavy atom. The van der Waals surface area contributed by atoms with E-state index in [1.54, 1.807) is 18.5 Å². The van der Waals surface area contributed by atoms with Crippen molar-refractivity contribution in [3.8, 4) is 11.3 Å². The molecule has 1 amide bonds. The van der Waals surface area contributed by atoms with E-state index in [0.29, 0.717) is 18.8 Å². The van der Waals surface area contributed by atoms with Crippen LogP contribution in [0.2, 0.25) is 0 Å². The van der Waals surface area contributed by atoms with Crippen LogP contribution in [0.1, 0.15) is 16.1 Å². The molecule has 0 spiro atoms. The summed E-state index contributed by atoms with van der Waals surface area (Å²) in [7, 11) is 2.12. The van der Waals surface area contributed by atoms with Crippen LogP contribution < -0.4 is 0 Å². The third-order valence-electron chi connectivity index (χ3n) is 5.08. The van der Waals surface area contributed by atoms with E-state index in [2.05, 4.69) is 46.4 Å². The minimum absolute atomic E-state index is 0.103. The molecule has 1 unspecified atom stereocenters. The Labute approximate surface area is 158 Å². The van der Waals surface area contributed by atoms with Gasteiger partial charge in [0.15, 0.2) is 0 Å². The van der Waals surface area contributed by atoms with Gasteiger partial charge in [0.05, 0.1) is 0 Å². The summed E-state index contributed by atoms with van der Waals surface area (Å²) in [4.78, 5) is 21.1. The van der Waals surface area contributed by atoms with Crippen molar-refractivity contribution in [2.75, 3.05) is 26.7 Å². The molecule has 0 radical (unpaired) electrons. The molecule has 3 heterocycles. The van der Waals surface area contributed by atoms with E-state index in [-0.39, 0.29) is 17.7 Å². The summed E-state index contributed by atoms with van der Waals surface area (Å²) in [5, 5.41) is 4.04. The molecule has 0 bridgehead atoms. The number of likely N-dealkylation sites (N-methyl/N-ethyl adjacent to an activating group) is 1. The maximum Gasteiger partial charge on any atom is 0.292 e. The topological polar surface area (TPSA) is 62.5 Å². The quantitative estimate of drug-likeness (QED) is 0.714. The van der Waals surface area contributed by atoms with Crippen LogP contribution in [-0.4, -0.2) is 58.6 Å². The Hall–Kier alpha value is -2.99. The number of hydrogen-bond acceptors (Lipinski definition) is 5. The standard InChI is InChI=1S/C21H22N4O2/c1-24-11-12-25(15-18(24)13-16-5-3-2-4-6-16)21(26)20-14-19(23-27-20)17-7-9-22-10-8-17/h2-10,14,18H,11-13,15H2,1H3. The average Bonchev–Trinajstić information content (AvgIpc) is 3.21. The van der Waals surface area contributed by atoms with Gasteiger partial charge in [0.2, 0.25) is 5.76 Å². The number of amides is 1. The fourth-order valence-corrected chi connectivity index (χ4v) is 3.43. The predicted octanol–water partition coefficient (Wildman–Crippen LogP) is 2.74. The molecule has 1 aromatic carbocycles. The van der Waals surface area contributed by atoms with Crippen LogP contribution in [-0.2, 0) is 6.42 Å². The maximum absolute atomic E-state index is 12.9. The van der Waals surface area contributed by atoms with Crippen molar-refractivity contribution in [2.24, 2.45) is 0 Å². The number of piperazine rings is 1. The summed E-state index contributed by atoms with van der Waals surface area (Å²) in [5.41, 5.74) is 2.81. The van der Waals surface area contributed by atoms with Gasteiger partial charge in [-0.1, -0.05) is 35.5 Å². The van der Waals surface area contributed by atoms with Crippen LogP contribution in [0.5, 0.6) is 0 Å². The Bertz CT molecular complexity index is 895. The Morgan fingerprint density at radius 2 is 1.93 bits per heavy atom. The summed E-state index contributed by atoms with van der Waals surface area (Å²) < 4.78 is 5.34. The molecule has 4 rings (SSSR count). The highest BCUT2D eigenvalue weighted by molar-refractivity contribution is 5.92. The summed E-state index contributed by atoms with van der Waals surface area (Å²) in [5.74, 6) is 0.179. The first-order valence-electron chi connectivity index (χ1n) is 9.11. The van der Waals surface area contributed by atoms with Gasteiger partial charge in [-0.15, -0.1) is 0 Å². The second-order valence-corrected chi connectivity index (χ2v) is 6.89. The molecule has 1 aliphatic heterocycles. The highest BCUT2D eigenvalue weighted by Crippen LogP contribution is 2.21. The van der Waals surface area contributed by atoms with E-state index >= 15 is 0 Å². The predicted molar refractivity (Wildman–Crippen MR) is 102 cm³/mol. The number of hydrogen-bond donors (Lipinski definition) is 0. The molecule has 2 aromatic heterocycles. The van der Waals surface area contributed by atoms with E-state index in [0.717, 1.165) is 18.5 Å². The van der Waals surface area contributed by atoms with Crippen molar-refractivity contribution >= 4 is 5.91 Å². The van der Waals surface area contributed by atoms with Crippen molar-refractivity contribution in [1.82, 2.24) is 19.9 Å². The van der Waals surface area contributed by atoms with Gasteiger partial charge in [-0.25, -0.2) is 0 Å². The lowest BCUT2D eigenvalue weighted by Gasteiger charge is -2.39. The molecule has 0 saturated carbocycles. The molecule has 1 fully saturated rings. The van der Waals surface area contributed by atoms with E-state index in [1.807, 2.05) is 23.1 Å². The van der Waals surface area contributed by atoms with E-state index in [1.165, 1.54) is 5.56 Å². The molecule has 3 aromatic rings. The second kappa shape index (κ2) is 7.72. The lowest BCUT2D eigenvalue weighted by Crippen LogP contribution is -2.54. The van der Waals surface area contributed by atoms with Gasteiger partial charge in [-0.05, 0) is 31.2 Å². The van der Waals surface area contributed by atoms with E-state index in [9.17, 15) is 4.79 Å². The molecule has 6 nitrogen and oxygen atoms in total. The summed E-state index contributed by atoms with van der Waals surface area (Å²) in [6, 6.07) is 16.1. The smallest absolute Gasteiger partial charge is 0.292 e. The number of nitrogens with zero attached hydrogens (tertiary/aromatic N) is 4. The van der Waals surface area contributed by atoms with Gasteiger partial charge in [-0.3, -0.25) is 14.7 Å². The first-order chi connectivity index (χ1) is 13.2. The Kier molecular flexibility index (Phi) is 4.98. The lowest BCUT2D eigenvalue weighted by atomic mass is 10.0. The van der Waals surface area contributed by atoms with Gasteiger partial charge in [-0.2, -0.15) is 0 Å². The minimum Gasteiger partial charge on any atom is -0.350 e. The molecule has 0 N–H and O–H groups in total. The van der Waals surface area contributed by atoms with Crippen LogP contribution >= 0.6 is 0 Å². The maximum atomic E-state index is 12.9. The third kappa shape index (κ3) is 3.90. The number of pyridine rings is 1. The Balaban J connectivity index is 1.46. The van der Waals surface area contributed by atoms with Crippen molar-refractivity contribution in [3.63, 3.8) is 0 Å². The first-order valence-corrected chi connectivity index (χ1v) is 9.11. The molecule has 6 heteroatoms. The molecule has 0 aliphatic carbocycles. The zero-order valence-electron chi connectivity index (χ0n) is 15.3. The highest BCUT2D eigenvalue weighted by atomic mass is 16.5. The van der Waals surface area contributed by atoms with Crippen LogP contribution in [0.4, 0.5) is 0 Å². The molecule has 1 saturated heterocycles. The number of carbonyl (C=O) groups is 1. The molecule has 1 aliphatic rings. The van der Waals surface area contributed by atoms with Crippen molar-refractivity contribution in [3.05, 3.63) is 72.2 Å². The van der Waals surface area contributed by atoms with E-state index in [4.69, 9.17) is 4.52 Å². The third-order valence-corrected chi connectivity index (χ3v) is 5.08. The number of rotatable bonds is 4. The van der Waals surface area contributed by atoms with Crippen molar-refractivity contribution in [1.29, 1.82) is 0 Å². The second-order valence-electron chi connectivity index (χ2n) is 6.89. The van der Waals surface area contributed by atoms with Crippen LogP contribution in [0, 0.1) is 0 Å². The zero-order chi connectivity index (χ0) is 18.6. The molecule has 27 heavy (non-hydrogen) atoms. The van der Waals surface area contributed by atoms with Crippen LogP contribution in [0.15, 0.2) is 65.4 Å². The van der Waals surface area contributed by atoms with Crippen LogP contribution in [0.3, 0.4) is 0 Å². The lowest BCUT2D eigenvalue weighted by molar-refractivity contribution is 0.0510. The largest absolute Gasteiger partial charge is 0.350 e. The van der Waals surface area contributed by atoms with Crippen molar-refractivity contribution < 1.29 is 9.32 Å². The normalized spacial score (nSPS) is 17.8.